The fraction of sp³-hybridized carbons (Fsp3) is 0.429. The Kier molecular flexibility index (Phi) is 4.79. The summed E-state index contributed by atoms with van der Waals surface area (Å²) in [5.74, 6) is 0.589. The highest BCUT2D eigenvalue weighted by atomic mass is 32.1. The first-order valence-corrected chi connectivity index (χ1v) is 11.1. The number of hydrogen-bond acceptors (Lipinski definition) is 7. The van der Waals surface area contributed by atoms with E-state index in [4.69, 9.17) is 4.74 Å². The number of aryl methyl sites for hydroxylation is 1. The minimum Gasteiger partial charge on any atom is -0.493 e. The molecule has 0 amide bonds. The van der Waals surface area contributed by atoms with Crippen LogP contribution in [0.25, 0.3) is 22.0 Å². The van der Waals surface area contributed by atoms with Crippen molar-refractivity contribution in [2.45, 2.75) is 44.6 Å². The summed E-state index contributed by atoms with van der Waals surface area (Å²) >= 11 is 1.40. The van der Waals surface area contributed by atoms with Gasteiger partial charge in [0, 0.05) is 29.2 Å². The second-order valence-electron chi connectivity index (χ2n) is 7.95. The van der Waals surface area contributed by atoms with E-state index < -0.39 is 0 Å². The number of thiazole rings is 1. The SMILES string of the molecule is C1CCC2(CC2)NC1.COc1cc(-c2cc(=O)n3ccsc3n2)nn2cc(C)nc12. The van der Waals surface area contributed by atoms with Crippen LogP contribution in [0.1, 0.15) is 37.8 Å². The molecule has 6 rings (SSSR count). The number of piperidine rings is 1. The molecule has 1 spiro atoms. The second kappa shape index (κ2) is 7.48. The number of fused-ring (bicyclic) bond motifs is 2. The quantitative estimate of drug-likeness (QED) is 0.532. The smallest absolute Gasteiger partial charge is 0.259 e. The summed E-state index contributed by atoms with van der Waals surface area (Å²) in [6, 6.07) is 3.21. The molecule has 1 N–H and O–H groups in total. The van der Waals surface area contributed by atoms with Crippen LogP contribution >= 0.6 is 11.3 Å². The predicted molar refractivity (Wildman–Crippen MR) is 116 cm³/mol. The van der Waals surface area contributed by atoms with E-state index in [1.54, 1.807) is 30.1 Å². The molecule has 1 aliphatic carbocycles. The first-order chi connectivity index (χ1) is 14.6. The molecule has 0 unspecified atom stereocenters. The minimum absolute atomic E-state index is 0.135. The summed E-state index contributed by atoms with van der Waals surface area (Å²) in [4.78, 5) is 21.6. The van der Waals surface area contributed by atoms with Gasteiger partial charge in [0.1, 0.15) is 5.69 Å². The van der Waals surface area contributed by atoms with E-state index in [1.165, 1.54) is 60.5 Å². The van der Waals surface area contributed by atoms with Crippen LogP contribution in [0.5, 0.6) is 5.75 Å². The standard InChI is InChI=1S/C14H11N5O2S.C7H13N/c1-8-7-19-13(15-8)11(21-2)5-10(17-19)9-6-12(20)18-3-4-22-14(18)16-9;1-2-6-8-7(3-1)4-5-7/h3-7H,1-2H3;8H,1-6H2. The fourth-order valence-corrected chi connectivity index (χ4v) is 4.64. The number of methoxy groups -OCH3 is 1. The Balaban J connectivity index is 0.000000200. The van der Waals surface area contributed by atoms with Gasteiger partial charge in [0.05, 0.1) is 24.7 Å². The summed E-state index contributed by atoms with van der Waals surface area (Å²) in [5.41, 5.74) is 3.10. The number of imidazole rings is 1. The lowest BCUT2D eigenvalue weighted by Crippen LogP contribution is -2.35. The highest BCUT2D eigenvalue weighted by Crippen LogP contribution is 2.41. The molecule has 156 valence electrons. The Morgan fingerprint density at radius 2 is 2.03 bits per heavy atom. The number of ether oxygens (including phenoxy) is 1. The van der Waals surface area contributed by atoms with E-state index in [2.05, 4.69) is 20.4 Å². The number of aromatic nitrogens is 5. The van der Waals surface area contributed by atoms with Crippen molar-refractivity contribution in [3.8, 4) is 17.1 Å². The van der Waals surface area contributed by atoms with E-state index in [9.17, 15) is 4.79 Å². The monoisotopic (exact) mass is 424 g/mol. The summed E-state index contributed by atoms with van der Waals surface area (Å²) in [6.07, 6.45) is 10.7. The molecule has 8 nitrogen and oxygen atoms in total. The molecule has 2 fully saturated rings. The molecule has 4 aromatic heterocycles. The maximum absolute atomic E-state index is 12.1. The molecule has 9 heteroatoms. The van der Waals surface area contributed by atoms with Crippen molar-refractivity contribution in [3.05, 3.63) is 46.0 Å². The Morgan fingerprint density at radius 1 is 1.17 bits per heavy atom. The van der Waals surface area contributed by atoms with Crippen LogP contribution in [0.3, 0.4) is 0 Å². The lowest BCUT2D eigenvalue weighted by Gasteiger charge is -2.22. The van der Waals surface area contributed by atoms with Crippen molar-refractivity contribution in [1.82, 2.24) is 29.3 Å². The van der Waals surface area contributed by atoms with Crippen LogP contribution in [0, 0.1) is 6.92 Å². The topological polar surface area (TPSA) is 85.8 Å². The highest BCUT2D eigenvalue weighted by molar-refractivity contribution is 7.15. The third-order valence-corrected chi connectivity index (χ3v) is 6.49. The molecule has 5 heterocycles. The summed E-state index contributed by atoms with van der Waals surface area (Å²) < 4.78 is 8.52. The van der Waals surface area contributed by atoms with Gasteiger partial charge in [-0.15, -0.1) is 11.3 Å². The van der Waals surface area contributed by atoms with E-state index in [1.807, 2.05) is 12.3 Å². The zero-order valence-electron chi connectivity index (χ0n) is 17.1. The van der Waals surface area contributed by atoms with Crippen molar-refractivity contribution < 1.29 is 4.74 Å². The average Bonchev–Trinajstić information content (AvgIpc) is 3.15. The normalized spacial score (nSPS) is 17.1. The van der Waals surface area contributed by atoms with Crippen molar-refractivity contribution in [3.63, 3.8) is 0 Å². The van der Waals surface area contributed by atoms with Crippen LogP contribution in [0.2, 0.25) is 0 Å². The van der Waals surface area contributed by atoms with Crippen LogP contribution in [-0.2, 0) is 0 Å². The fourth-order valence-electron chi connectivity index (χ4n) is 3.92. The Hall–Kier alpha value is -2.78. The summed E-state index contributed by atoms with van der Waals surface area (Å²) in [7, 11) is 1.58. The van der Waals surface area contributed by atoms with Crippen LogP contribution in [0.4, 0.5) is 0 Å². The van der Waals surface area contributed by atoms with Crippen molar-refractivity contribution >= 4 is 21.9 Å². The third kappa shape index (κ3) is 3.59. The lowest BCUT2D eigenvalue weighted by atomic mass is 10.0. The first-order valence-electron chi connectivity index (χ1n) is 10.2. The molecule has 30 heavy (non-hydrogen) atoms. The average molecular weight is 425 g/mol. The number of nitrogens with one attached hydrogen (secondary N) is 1. The van der Waals surface area contributed by atoms with Gasteiger partial charge in [-0.25, -0.2) is 14.5 Å². The zero-order valence-corrected chi connectivity index (χ0v) is 17.9. The number of nitrogens with zero attached hydrogens (tertiary/aromatic N) is 5. The van der Waals surface area contributed by atoms with E-state index in [-0.39, 0.29) is 5.56 Å². The molecule has 2 aliphatic rings. The van der Waals surface area contributed by atoms with Crippen LogP contribution in [-0.4, -0.2) is 43.2 Å². The van der Waals surface area contributed by atoms with Gasteiger partial charge >= 0.3 is 0 Å². The van der Waals surface area contributed by atoms with Crippen LogP contribution in [0.15, 0.2) is 34.7 Å². The molecular formula is C21H24N6O2S. The Bertz CT molecular complexity index is 1260. The van der Waals surface area contributed by atoms with E-state index in [0.29, 0.717) is 33.3 Å². The molecular weight excluding hydrogens is 400 g/mol. The maximum atomic E-state index is 12.1. The van der Waals surface area contributed by atoms with Gasteiger partial charge in [0.2, 0.25) is 0 Å². The molecule has 1 saturated carbocycles. The highest BCUT2D eigenvalue weighted by Gasteiger charge is 2.42. The Morgan fingerprint density at radius 3 is 2.73 bits per heavy atom. The predicted octanol–water partition coefficient (Wildman–Crippen LogP) is 3.08. The van der Waals surface area contributed by atoms with Crippen molar-refractivity contribution in [2.75, 3.05) is 13.7 Å². The lowest BCUT2D eigenvalue weighted by molar-refractivity contribution is 0.385. The minimum atomic E-state index is -0.135. The maximum Gasteiger partial charge on any atom is 0.259 e. The molecule has 1 saturated heterocycles. The molecule has 4 aromatic rings. The third-order valence-electron chi connectivity index (χ3n) is 5.73. The Labute approximate surface area is 177 Å². The second-order valence-corrected chi connectivity index (χ2v) is 8.82. The van der Waals surface area contributed by atoms with E-state index >= 15 is 0 Å². The van der Waals surface area contributed by atoms with E-state index in [0.717, 1.165) is 5.69 Å². The first kappa shape index (κ1) is 19.2. The molecule has 0 atom stereocenters. The zero-order chi connectivity index (χ0) is 20.7. The van der Waals surface area contributed by atoms with Gasteiger partial charge in [0.25, 0.3) is 5.56 Å². The van der Waals surface area contributed by atoms with Gasteiger partial charge in [-0.3, -0.25) is 9.20 Å². The van der Waals surface area contributed by atoms with Crippen LogP contribution < -0.4 is 15.6 Å². The van der Waals surface area contributed by atoms with Gasteiger partial charge < -0.3 is 10.1 Å². The van der Waals surface area contributed by atoms with Gasteiger partial charge in [0.15, 0.2) is 16.4 Å². The van der Waals surface area contributed by atoms with Crippen molar-refractivity contribution in [2.24, 2.45) is 0 Å². The van der Waals surface area contributed by atoms with Gasteiger partial charge in [-0.1, -0.05) is 6.42 Å². The van der Waals surface area contributed by atoms with Gasteiger partial charge in [-0.2, -0.15) is 5.10 Å². The molecule has 0 radical (unpaired) electrons. The van der Waals surface area contributed by atoms with Gasteiger partial charge in [-0.05, 0) is 39.2 Å². The summed E-state index contributed by atoms with van der Waals surface area (Å²) in [5, 5.41) is 9.87. The molecule has 0 aromatic carbocycles. The summed E-state index contributed by atoms with van der Waals surface area (Å²) in [6.45, 7) is 3.16. The molecule has 1 aliphatic heterocycles. The van der Waals surface area contributed by atoms with Crippen molar-refractivity contribution in [1.29, 1.82) is 0 Å². The molecule has 0 bridgehead atoms. The largest absolute Gasteiger partial charge is 0.493 e. The number of hydrogen-bond donors (Lipinski definition) is 1. The number of rotatable bonds is 2.